The number of methoxy groups -OCH3 is 1. The number of halogens is 1. The maximum Gasteiger partial charge on any atom is 0.319 e. The van der Waals surface area contributed by atoms with E-state index in [-0.39, 0.29) is 11.3 Å². The lowest BCUT2D eigenvalue weighted by atomic mass is 9.90. The van der Waals surface area contributed by atoms with Crippen molar-refractivity contribution in [3.05, 3.63) is 83.3 Å². The third-order valence-electron chi connectivity index (χ3n) is 5.08. The molecule has 3 N–H and O–H groups in total. The van der Waals surface area contributed by atoms with Crippen LogP contribution in [0.3, 0.4) is 0 Å². The summed E-state index contributed by atoms with van der Waals surface area (Å²) in [6, 6.07) is 16.0. The molecular weight excluding hydrogens is 385 g/mol. The number of urea groups is 1. The molecule has 0 saturated heterocycles. The molecule has 0 fully saturated rings. The van der Waals surface area contributed by atoms with Gasteiger partial charge < -0.3 is 20.7 Å². The molecule has 0 unspecified atom stereocenters. The van der Waals surface area contributed by atoms with Gasteiger partial charge in [-0.15, -0.1) is 0 Å². The summed E-state index contributed by atoms with van der Waals surface area (Å²) in [6.45, 7) is 1.64. The average Bonchev–Trinajstić information content (AvgIpc) is 2.73. The quantitative estimate of drug-likeness (QED) is 0.607. The number of carbonyl (C=O) groups excluding carboxylic acids is 2. The number of anilines is 1. The number of rotatable bonds is 4. The predicted molar refractivity (Wildman–Crippen MR) is 113 cm³/mol. The highest BCUT2D eigenvalue weighted by molar-refractivity contribution is 6.07. The van der Waals surface area contributed by atoms with Crippen molar-refractivity contribution in [2.24, 2.45) is 0 Å². The fourth-order valence-corrected chi connectivity index (χ4v) is 3.71. The van der Waals surface area contributed by atoms with Crippen molar-refractivity contribution in [1.29, 1.82) is 0 Å². The molecule has 3 aromatic carbocycles. The summed E-state index contributed by atoms with van der Waals surface area (Å²) in [5.41, 5.74) is 1.37. The Morgan fingerprint density at radius 2 is 1.80 bits per heavy atom. The van der Waals surface area contributed by atoms with Crippen LogP contribution in [0.2, 0.25) is 0 Å². The fraction of sp³-hybridized carbons (Fsp3) is 0.130. The number of allylic oxidation sites excluding steroid dienone is 1. The number of para-hydroxylation sites is 1. The molecule has 30 heavy (non-hydrogen) atoms. The number of carbonyl (C=O) groups is 2. The summed E-state index contributed by atoms with van der Waals surface area (Å²) >= 11 is 0. The van der Waals surface area contributed by atoms with Gasteiger partial charge in [-0.05, 0) is 35.9 Å². The zero-order chi connectivity index (χ0) is 21.3. The molecule has 0 saturated carbocycles. The van der Waals surface area contributed by atoms with Crippen LogP contribution < -0.4 is 20.7 Å². The Balaban J connectivity index is 1.85. The van der Waals surface area contributed by atoms with Crippen molar-refractivity contribution >= 4 is 28.4 Å². The van der Waals surface area contributed by atoms with Gasteiger partial charge in [0.05, 0.1) is 24.4 Å². The molecule has 3 aromatic rings. The van der Waals surface area contributed by atoms with E-state index in [9.17, 15) is 14.0 Å². The van der Waals surface area contributed by atoms with Crippen LogP contribution in [0.25, 0.3) is 10.8 Å². The van der Waals surface area contributed by atoms with Crippen LogP contribution in [0.15, 0.2) is 71.9 Å². The first kappa shape index (κ1) is 19.4. The maximum absolute atomic E-state index is 14.1. The number of hydrogen-bond acceptors (Lipinski definition) is 3. The molecule has 7 heteroatoms. The first-order chi connectivity index (χ1) is 14.5. The van der Waals surface area contributed by atoms with E-state index in [0.29, 0.717) is 17.0 Å². The highest BCUT2D eigenvalue weighted by Gasteiger charge is 2.34. The van der Waals surface area contributed by atoms with Crippen LogP contribution in [0.4, 0.5) is 14.9 Å². The topological polar surface area (TPSA) is 79.5 Å². The van der Waals surface area contributed by atoms with E-state index in [0.717, 1.165) is 10.8 Å². The molecule has 0 aliphatic carbocycles. The van der Waals surface area contributed by atoms with E-state index < -0.39 is 23.8 Å². The second-order valence-corrected chi connectivity index (χ2v) is 6.91. The zero-order valence-electron chi connectivity index (χ0n) is 16.5. The average molecular weight is 405 g/mol. The Morgan fingerprint density at radius 3 is 2.57 bits per heavy atom. The van der Waals surface area contributed by atoms with Gasteiger partial charge in [0.25, 0.3) is 5.91 Å². The van der Waals surface area contributed by atoms with E-state index in [1.165, 1.54) is 19.2 Å². The third kappa shape index (κ3) is 3.45. The Labute approximate surface area is 172 Å². The zero-order valence-corrected chi connectivity index (χ0v) is 16.5. The molecule has 1 aliphatic heterocycles. The number of benzene rings is 3. The smallest absolute Gasteiger partial charge is 0.319 e. The number of hydrogen-bond donors (Lipinski definition) is 3. The standard InChI is InChI=1S/C23H20FN3O3/c1-13-19(22(28)26-17-10-6-5-9-16(17)24)21(27-23(29)25-13)20-15-8-4-3-7-14(15)11-12-18(20)30-2/h3-12,21H,1-2H3,(H,26,28)(H2,25,27,29)/t21-/m0/s1. The molecule has 1 heterocycles. The van der Waals surface area contributed by atoms with Crippen molar-refractivity contribution in [2.75, 3.05) is 12.4 Å². The Morgan fingerprint density at radius 1 is 1.07 bits per heavy atom. The van der Waals surface area contributed by atoms with Crippen molar-refractivity contribution < 1.29 is 18.7 Å². The lowest BCUT2D eigenvalue weighted by Crippen LogP contribution is -2.46. The normalized spacial score (nSPS) is 16.1. The molecule has 0 spiro atoms. The molecule has 1 aliphatic rings. The largest absolute Gasteiger partial charge is 0.496 e. The molecule has 1 atom stereocenters. The van der Waals surface area contributed by atoms with E-state index in [1.54, 1.807) is 25.1 Å². The van der Waals surface area contributed by atoms with E-state index in [2.05, 4.69) is 16.0 Å². The van der Waals surface area contributed by atoms with Crippen molar-refractivity contribution in [1.82, 2.24) is 10.6 Å². The molecule has 0 aromatic heterocycles. The molecule has 0 radical (unpaired) electrons. The van der Waals surface area contributed by atoms with Gasteiger partial charge in [-0.1, -0.05) is 42.5 Å². The lowest BCUT2D eigenvalue weighted by Gasteiger charge is -2.30. The summed E-state index contributed by atoms with van der Waals surface area (Å²) in [5, 5.41) is 9.83. The molecule has 6 nitrogen and oxygen atoms in total. The van der Waals surface area contributed by atoms with Gasteiger partial charge in [-0.25, -0.2) is 9.18 Å². The molecule has 152 valence electrons. The van der Waals surface area contributed by atoms with Crippen molar-refractivity contribution in [2.45, 2.75) is 13.0 Å². The number of nitrogens with one attached hydrogen (secondary N) is 3. The van der Waals surface area contributed by atoms with Crippen molar-refractivity contribution in [3.63, 3.8) is 0 Å². The Bertz CT molecular complexity index is 1190. The SMILES string of the molecule is COc1ccc2ccccc2c1[C@H]1NC(=O)NC(C)=C1C(=O)Nc1ccccc1F. The van der Waals surface area contributed by atoms with E-state index in [1.807, 2.05) is 30.3 Å². The van der Waals surface area contributed by atoms with Crippen LogP contribution in [-0.4, -0.2) is 19.0 Å². The number of ether oxygens (including phenoxy) is 1. The summed E-state index contributed by atoms with van der Waals surface area (Å²) in [4.78, 5) is 25.5. The third-order valence-corrected chi connectivity index (χ3v) is 5.08. The van der Waals surface area contributed by atoms with E-state index in [4.69, 9.17) is 4.74 Å². The first-order valence-corrected chi connectivity index (χ1v) is 9.39. The Kier molecular flexibility index (Phi) is 5.10. The predicted octanol–water partition coefficient (Wildman–Crippen LogP) is 4.25. The summed E-state index contributed by atoms with van der Waals surface area (Å²) in [6.07, 6.45) is 0. The number of amides is 3. The lowest BCUT2D eigenvalue weighted by molar-refractivity contribution is -0.113. The highest BCUT2D eigenvalue weighted by Crippen LogP contribution is 2.38. The molecular formula is C23H20FN3O3. The van der Waals surface area contributed by atoms with Crippen LogP contribution >= 0.6 is 0 Å². The van der Waals surface area contributed by atoms with Gasteiger partial charge in [0.15, 0.2) is 0 Å². The molecule has 3 amide bonds. The minimum Gasteiger partial charge on any atom is -0.496 e. The summed E-state index contributed by atoms with van der Waals surface area (Å²) < 4.78 is 19.6. The Hall–Kier alpha value is -3.87. The van der Waals surface area contributed by atoms with Gasteiger partial charge in [0, 0.05) is 11.3 Å². The van der Waals surface area contributed by atoms with Gasteiger partial charge in [0.1, 0.15) is 11.6 Å². The van der Waals surface area contributed by atoms with Gasteiger partial charge in [-0.3, -0.25) is 4.79 Å². The van der Waals surface area contributed by atoms with Crippen molar-refractivity contribution in [3.8, 4) is 5.75 Å². The van der Waals surface area contributed by atoms with Crippen LogP contribution in [-0.2, 0) is 4.79 Å². The van der Waals surface area contributed by atoms with Gasteiger partial charge in [-0.2, -0.15) is 0 Å². The highest BCUT2D eigenvalue weighted by atomic mass is 19.1. The summed E-state index contributed by atoms with van der Waals surface area (Å²) in [5.74, 6) is -0.536. The van der Waals surface area contributed by atoms with Crippen LogP contribution in [0.1, 0.15) is 18.5 Å². The molecule has 0 bridgehead atoms. The summed E-state index contributed by atoms with van der Waals surface area (Å²) in [7, 11) is 1.53. The van der Waals surface area contributed by atoms with Gasteiger partial charge >= 0.3 is 6.03 Å². The van der Waals surface area contributed by atoms with E-state index >= 15 is 0 Å². The second kappa shape index (κ2) is 7.87. The first-order valence-electron chi connectivity index (χ1n) is 9.39. The van der Waals surface area contributed by atoms with Crippen LogP contribution in [0, 0.1) is 5.82 Å². The van der Waals surface area contributed by atoms with Crippen LogP contribution in [0.5, 0.6) is 5.75 Å². The monoisotopic (exact) mass is 405 g/mol. The minimum absolute atomic E-state index is 0.0586. The maximum atomic E-state index is 14.1. The van der Waals surface area contributed by atoms with Gasteiger partial charge in [0.2, 0.25) is 0 Å². The minimum atomic E-state index is -0.786. The fourth-order valence-electron chi connectivity index (χ4n) is 3.71. The molecule has 4 rings (SSSR count). The number of fused-ring (bicyclic) bond motifs is 1. The second-order valence-electron chi connectivity index (χ2n) is 6.91.